The smallest absolute Gasteiger partial charge is 0.321 e. The molecular formula is C20H29Cl2N3O2. The van der Waals surface area contributed by atoms with E-state index in [4.69, 9.17) is 23.2 Å². The van der Waals surface area contributed by atoms with E-state index in [-0.39, 0.29) is 6.03 Å². The van der Waals surface area contributed by atoms with Gasteiger partial charge in [-0.15, -0.1) is 0 Å². The van der Waals surface area contributed by atoms with Gasteiger partial charge in [-0.05, 0) is 69.3 Å². The average Bonchev–Trinajstić information content (AvgIpc) is 2.65. The van der Waals surface area contributed by atoms with E-state index in [2.05, 4.69) is 17.1 Å². The van der Waals surface area contributed by atoms with Crippen molar-refractivity contribution in [3.8, 4) is 0 Å². The molecule has 0 saturated carbocycles. The number of amides is 2. The third-order valence-corrected chi connectivity index (χ3v) is 6.61. The third-order valence-electron chi connectivity index (χ3n) is 5.87. The second-order valence-electron chi connectivity index (χ2n) is 7.88. The van der Waals surface area contributed by atoms with Crippen LogP contribution in [0, 0.1) is 5.92 Å². The Morgan fingerprint density at radius 1 is 1.26 bits per heavy atom. The SMILES string of the molecule is CCN1CCCC(CC2(O)CCN(C(=O)Nc3ccc(Cl)c(Cl)c3)CC2)C1. The van der Waals surface area contributed by atoms with Crippen LogP contribution in [-0.4, -0.2) is 59.3 Å². The summed E-state index contributed by atoms with van der Waals surface area (Å²) in [6, 6.07) is 4.88. The highest BCUT2D eigenvalue weighted by Gasteiger charge is 2.36. The van der Waals surface area contributed by atoms with Crippen molar-refractivity contribution < 1.29 is 9.90 Å². The number of likely N-dealkylation sites (tertiary alicyclic amines) is 2. The summed E-state index contributed by atoms with van der Waals surface area (Å²) in [4.78, 5) is 16.7. The quantitative estimate of drug-likeness (QED) is 0.764. The Labute approximate surface area is 171 Å². The van der Waals surface area contributed by atoms with Gasteiger partial charge in [0.2, 0.25) is 0 Å². The van der Waals surface area contributed by atoms with Gasteiger partial charge < -0.3 is 20.2 Å². The number of hydrogen-bond acceptors (Lipinski definition) is 3. The molecule has 7 heteroatoms. The highest BCUT2D eigenvalue weighted by atomic mass is 35.5. The molecule has 0 spiro atoms. The summed E-state index contributed by atoms with van der Waals surface area (Å²) in [6.45, 7) is 6.66. The number of halogens is 2. The maximum atomic E-state index is 12.5. The molecule has 1 unspecified atom stereocenters. The molecule has 5 nitrogen and oxygen atoms in total. The summed E-state index contributed by atoms with van der Waals surface area (Å²) < 4.78 is 0. The van der Waals surface area contributed by atoms with Crippen LogP contribution in [0.25, 0.3) is 0 Å². The summed E-state index contributed by atoms with van der Waals surface area (Å²) >= 11 is 11.9. The molecule has 1 atom stereocenters. The standard InChI is InChI=1S/C20H29Cl2N3O2/c1-2-24-9-3-4-15(14-24)13-20(27)7-10-25(11-8-20)19(26)23-16-5-6-17(21)18(22)12-16/h5-6,12,15,27H,2-4,7-11,13-14H2,1H3,(H,23,26). The van der Waals surface area contributed by atoms with Gasteiger partial charge in [-0.2, -0.15) is 0 Å². The van der Waals surface area contributed by atoms with Gasteiger partial charge in [-0.25, -0.2) is 4.79 Å². The Kier molecular flexibility index (Phi) is 6.90. The number of anilines is 1. The first kappa shape index (κ1) is 20.7. The van der Waals surface area contributed by atoms with Gasteiger partial charge in [0.05, 0.1) is 15.6 Å². The number of rotatable bonds is 4. The van der Waals surface area contributed by atoms with Crippen LogP contribution >= 0.6 is 23.2 Å². The molecule has 2 heterocycles. The molecule has 0 aromatic heterocycles. The second-order valence-corrected chi connectivity index (χ2v) is 8.69. The Hall–Kier alpha value is -1.01. The van der Waals surface area contributed by atoms with Crippen LogP contribution in [0.15, 0.2) is 18.2 Å². The van der Waals surface area contributed by atoms with Crippen molar-refractivity contribution in [3.05, 3.63) is 28.2 Å². The average molecular weight is 414 g/mol. The molecule has 0 aliphatic carbocycles. The molecule has 2 saturated heterocycles. The normalized spacial score (nSPS) is 23.3. The summed E-state index contributed by atoms with van der Waals surface area (Å²) in [5.41, 5.74) is -0.0287. The Bertz CT molecular complexity index is 663. The fraction of sp³-hybridized carbons (Fsp3) is 0.650. The van der Waals surface area contributed by atoms with E-state index < -0.39 is 5.60 Å². The molecule has 0 bridgehead atoms. The summed E-state index contributed by atoms with van der Waals surface area (Å²) in [7, 11) is 0. The summed E-state index contributed by atoms with van der Waals surface area (Å²) in [5.74, 6) is 0.556. The molecular weight excluding hydrogens is 385 g/mol. The summed E-state index contributed by atoms with van der Waals surface area (Å²) in [5, 5.41) is 14.8. The molecule has 2 N–H and O–H groups in total. The van der Waals surface area contributed by atoms with E-state index >= 15 is 0 Å². The topological polar surface area (TPSA) is 55.8 Å². The fourth-order valence-electron chi connectivity index (χ4n) is 4.25. The highest BCUT2D eigenvalue weighted by Crippen LogP contribution is 2.33. The number of hydrogen-bond donors (Lipinski definition) is 2. The van der Waals surface area contributed by atoms with Crippen LogP contribution in [0.5, 0.6) is 0 Å². The van der Waals surface area contributed by atoms with E-state index in [1.54, 1.807) is 23.1 Å². The van der Waals surface area contributed by atoms with Gasteiger partial charge in [-0.1, -0.05) is 30.1 Å². The lowest BCUT2D eigenvalue weighted by Crippen LogP contribution is -2.49. The number of benzene rings is 1. The molecule has 2 amide bonds. The first-order valence-corrected chi connectivity index (χ1v) is 10.6. The van der Waals surface area contributed by atoms with Crippen LogP contribution in [0.4, 0.5) is 10.5 Å². The zero-order valence-electron chi connectivity index (χ0n) is 15.9. The number of aliphatic hydroxyl groups is 1. The summed E-state index contributed by atoms with van der Waals surface area (Å²) in [6.07, 6.45) is 4.51. The van der Waals surface area contributed by atoms with E-state index in [1.807, 2.05) is 0 Å². The number of nitrogens with one attached hydrogen (secondary N) is 1. The molecule has 2 fully saturated rings. The minimum atomic E-state index is -0.651. The van der Waals surface area contributed by atoms with E-state index in [0.717, 1.165) is 19.5 Å². The van der Waals surface area contributed by atoms with Crippen molar-refractivity contribution in [3.63, 3.8) is 0 Å². The van der Waals surface area contributed by atoms with Gasteiger partial charge in [0.1, 0.15) is 0 Å². The Morgan fingerprint density at radius 3 is 2.67 bits per heavy atom. The fourth-order valence-corrected chi connectivity index (χ4v) is 4.55. The van der Waals surface area contributed by atoms with E-state index in [1.165, 1.54) is 19.4 Å². The van der Waals surface area contributed by atoms with Crippen molar-refractivity contribution in [1.29, 1.82) is 0 Å². The lowest BCUT2D eigenvalue weighted by molar-refractivity contribution is -0.0378. The molecule has 0 radical (unpaired) electrons. The van der Waals surface area contributed by atoms with Crippen LogP contribution in [0.2, 0.25) is 10.0 Å². The third kappa shape index (κ3) is 5.50. The van der Waals surface area contributed by atoms with Gasteiger partial charge in [0.25, 0.3) is 0 Å². The van der Waals surface area contributed by atoms with Gasteiger partial charge in [-0.3, -0.25) is 0 Å². The van der Waals surface area contributed by atoms with Crippen molar-refractivity contribution >= 4 is 34.9 Å². The van der Waals surface area contributed by atoms with Gasteiger partial charge in [0.15, 0.2) is 0 Å². The minimum absolute atomic E-state index is 0.162. The highest BCUT2D eigenvalue weighted by molar-refractivity contribution is 6.42. The molecule has 2 aliphatic rings. The van der Waals surface area contributed by atoms with Crippen LogP contribution in [0.1, 0.15) is 39.0 Å². The maximum absolute atomic E-state index is 12.5. The molecule has 2 aliphatic heterocycles. The van der Waals surface area contributed by atoms with Gasteiger partial charge in [0, 0.05) is 25.3 Å². The van der Waals surface area contributed by atoms with Crippen molar-refractivity contribution in [2.45, 2.75) is 44.6 Å². The monoisotopic (exact) mass is 413 g/mol. The van der Waals surface area contributed by atoms with Crippen molar-refractivity contribution in [2.24, 2.45) is 5.92 Å². The molecule has 1 aromatic carbocycles. The molecule has 27 heavy (non-hydrogen) atoms. The number of carbonyl (C=O) groups excluding carboxylic acids is 1. The zero-order valence-corrected chi connectivity index (χ0v) is 17.4. The number of piperidine rings is 2. The molecule has 1 aromatic rings. The van der Waals surface area contributed by atoms with Gasteiger partial charge >= 0.3 is 6.03 Å². The lowest BCUT2D eigenvalue weighted by atomic mass is 9.80. The van der Waals surface area contributed by atoms with Crippen LogP contribution < -0.4 is 5.32 Å². The predicted octanol–water partition coefficient (Wildman–Crippen LogP) is 4.47. The molecule has 150 valence electrons. The lowest BCUT2D eigenvalue weighted by Gasteiger charge is -2.42. The zero-order chi connectivity index (χ0) is 19.4. The van der Waals surface area contributed by atoms with E-state index in [9.17, 15) is 9.90 Å². The Morgan fingerprint density at radius 2 is 2.00 bits per heavy atom. The molecule has 3 rings (SSSR count). The largest absolute Gasteiger partial charge is 0.390 e. The predicted molar refractivity (Wildman–Crippen MR) is 111 cm³/mol. The first-order valence-electron chi connectivity index (χ1n) is 9.84. The van der Waals surface area contributed by atoms with Crippen molar-refractivity contribution in [1.82, 2.24) is 9.80 Å². The number of carbonyl (C=O) groups is 1. The maximum Gasteiger partial charge on any atom is 0.321 e. The second kappa shape index (κ2) is 8.99. The minimum Gasteiger partial charge on any atom is -0.390 e. The first-order chi connectivity index (χ1) is 12.9. The van der Waals surface area contributed by atoms with E-state index in [0.29, 0.717) is 47.6 Å². The van der Waals surface area contributed by atoms with Crippen LogP contribution in [-0.2, 0) is 0 Å². The number of urea groups is 1. The van der Waals surface area contributed by atoms with Crippen molar-refractivity contribution in [2.75, 3.05) is 38.0 Å². The van der Waals surface area contributed by atoms with Crippen LogP contribution in [0.3, 0.4) is 0 Å². The Balaban J connectivity index is 1.50. The number of nitrogens with zero attached hydrogens (tertiary/aromatic N) is 2.